The predicted molar refractivity (Wildman–Crippen MR) is 112 cm³/mol. The Balaban J connectivity index is 1.82. The molecule has 4 heterocycles. The van der Waals surface area contributed by atoms with Crippen LogP contribution in [-0.2, 0) is 4.74 Å². The van der Waals surface area contributed by atoms with Gasteiger partial charge in [0.05, 0.1) is 19.5 Å². The number of morpholine rings is 1. The fourth-order valence-electron chi connectivity index (χ4n) is 3.95. The first kappa shape index (κ1) is 19.8. The summed E-state index contributed by atoms with van der Waals surface area (Å²) >= 11 is 0. The highest BCUT2D eigenvalue weighted by Gasteiger charge is 2.32. The topological polar surface area (TPSA) is 75.7 Å². The summed E-state index contributed by atoms with van der Waals surface area (Å²) in [5.74, 6) is 0.613. The number of rotatable bonds is 5. The Morgan fingerprint density at radius 2 is 1.97 bits per heavy atom. The molecule has 10 heteroatoms. The lowest BCUT2D eigenvalue weighted by Crippen LogP contribution is -2.40. The molecule has 1 N–H and O–H groups in total. The summed E-state index contributed by atoms with van der Waals surface area (Å²) in [6, 6.07) is 7.36. The molecule has 3 aromatic heterocycles. The van der Waals surface area contributed by atoms with Crippen LogP contribution >= 0.6 is 0 Å². The van der Waals surface area contributed by atoms with Crippen LogP contribution in [0.3, 0.4) is 0 Å². The molecule has 0 spiro atoms. The third-order valence-corrected chi connectivity index (χ3v) is 5.82. The Kier molecular flexibility index (Phi) is 5.01. The van der Waals surface area contributed by atoms with Crippen molar-refractivity contribution in [1.82, 2.24) is 24.5 Å². The number of fused-ring (bicyclic) bond motifs is 2. The molecule has 0 saturated carbocycles. The number of nitrogens with zero attached hydrogens (tertiary/aromatic N) is 6. The van der Waals surface area contributed by atoms with Gasteiger partial charge in [-0.3, -0.25) is 4.98 Å². The molecule has 0 aliphatic carbocycles. The summed E-state index contributed by atoms with van der Waals surface area (Å²) in [5, 5.41) is 0. The van der Waals surface area contributed by atoms with Gasteiger partial charge in [0.25, 0.3) is 5.82 Å². The van der Waals surface area contributed by atoms with Crippen LogP contribution in [0, 0.1) is 0 Å². The third kappa shape index (κ3) is 3.31. The van der Waals surface area contributed by atoms with Gasteiger partial charge in [-0.2, -0.15) is 18.3 Å². The van der Waals surface area contributed by atoms with Crippen LogP contribution in [-0.4, -0.2) is 50.8 Å². The van der Waals surface area contributed by atoms with Crippen molar-refractivity contribution in [3.63, 3.8) is 0 Å². The molecule has 8 nitrogen and oxygen atoms in total. The number of imidazole rings is 2. The normalized spacial score (nSPS) is 16.0. The molecule has 1 unspecified atom stereocenters. The first-order valence-corrected chi connectivity index (χ1v) is 10.5. The number of para-hydroxylation sites is 2. The second kappa shape index (κ2) is 7.84. The fourth-order valence-corrected chi connectivity index (χ4v) is 3.95. The van der Waals surface area contributed by atoms with Crippen LogP contribution in [0.4, 0.5) is 14.7 Å². The van der Waals surface area contributed by atoms with E-state index in [0.29, 0.717) is 60.3 Å². The van der Waals surface area contributed by atoms with Crippen LogP contribution in [0.1, 0.15) is 38.6 Å². The molecule has 1 fully saturated rings. The van der Waals surface area contributed by atoms with Gasteiger partial charge in [0.1, 0.15) is 11.0 Å². The molecular formula is C21H24F2N7O+. The van der Waals surface area contributed by atoms with Crippen molar-refractivity contribution in [3.8, 4) is 5.82 Å². The number of hydrogen-bond donors (Lipinski definition) is 1. The Labute approximate surface area is 177 Å². The van der Waals surface area contributed by atoms with E-state index in [-0.39, 0.29) is 11.9 Å². The number of aromatic amines is 1. The zero-order valence-electron chi connectivity index (χ0n) is 17.4. The summed E-state index contributed by atoms with van der Waals surface area (Å²) in [7, 11) is 0. The van der Waals surface area contributed by atoms with E-state index in [4.69, 9.17) is 14.7 Å². The maximum Gasteiger partial charge on any atom is 0.322 e. The molecule has 5 rings (SSSR count). The maximum absolute atomic E-state index is 14.0. The summed E-state index contributed by atoms with van der Waals surface area (Å²) in [6.45, 7) is 6.60. The second-order valence-corrected chi connectivity index (χ2v) is 7.69. The zero-order chi connectivity index (χ0) is 21.5. The van der Waals surface area contributed by atoms with Crippen LogP contribution < -0.4 is 9.47 Å². The van der Waals surface area contributed by atoms with Crippen molar-refractivity contribution in [2.75, 3.05) is 31.2 Å². The summed E-state index contributed by atoms with van der Waals surface area (Å²) < 4.78 is 37.0. The van der Waals surface area contributed by atoms with Crippen molar-refractivity contribution >= 4 is 28.1 Å². The van der Waals surface area contributed by atoms with Gasteiger partial charge in [0, 0.05) is 19.1 Å². The standard InChI is InChI=1S/C21H23F2N7O/c1-3-13(2)29-12-24-16-18(29)26-21(28-8-10-31-11-9-28)27-19(16)30-15-7-5-4-6-14(15)25-20(30)17(22)23/h4-7,12-13,17H,3,8-11H2,1-2H3/p+1. The molecule has 31 heavy (non-hydrogen) atoms. The number of nitrogens with one attached hydrogen (secondary N) is 1. The van der Waals surface area contributed by atoms with Gasteiger partial charge in [-0.25, -0.2) is 4.98 Å². The van der Waals surface area contributed by atoms with Gasteiger partial charge >= 0.3 is 18.2 Å². The number of anilines is 1. The average molecular weight is 428 g/mol. The molecule has 1 saturated heterocycles. The van der Waals surface area contributed by atoms with E-state index in [0.717, 1.165) is 6.42 Å². The van der Waals surface area contributed by atoms with E-state index < -0.39 is 6.43 Å². The van der Waals surface area contributed by atoms with E-state index in [1.54, 1.807) is 18.5 Å². The Bertz CT molecular complexity index is 1230. The molecule has 0 bridgehead atoms. The molecular weight excluding hydrogens is 404 g/mol. The van der Waals surface area contributed by atoms with E-state index in [1.165, 1.54) is 4.57 Å². The van der Waals surface area contributed by atoms with Gasteiger partial charge in [-0.1, -0.05) is 24.0 Å². The van der Waals surface area contributed by atoms with E-state index in [1.807, 2.05) is 21.6 Å². The molecule has 162 valence electrons. The van der Waals surface area contributed by atoms with Gasteiger partial charge in [-0.15, -0.1) is 0 Å². The highest BCUT2D eigenvalue weighted by atomic mass is 19.3. The number of alkyl halides is 2. The molecule has 1 aliphatic heterocycles. The first-order chi connectivity index (χ1) is 15.1. The lowest BCUT2D eigenvalue weighted by molar-refractivity contribution is -0.585. The Morgan fingerprint density at radius 3 is 2.71 bits per heavy atom. The van der Waals surface area contributed by atoms with Crippen molar-refractivity contribution in [3.05, 3.63) is 36.4 Å². The lowest BCUT2D eigenvalue weighted by Gasteiger charge is -2.25. The summed E-state index contributed by atoms with van der Waals surface area (Å²) in [5.41, 5.74) is 2.36. The number of hydrogen-bond acceptors (Lipinski definition) is 5. The molecule has 1 aliphatic rings. The molecule has 4 aromatic rings. The first-order valence-electron chi connectivity index (χ1n) is 10.5. The highest BCUT2D eigenvalue weighted by molar-refractivity contribution is 5.80. The molecule has 1 aromatic carbocycles. The SMILES string of the molecule is CCC(C)n1cnc2c(-[n+]3c(C(F)F)[nH]c4ccccc43)nc(N3CCOCC3)nc21. The molecule has 0 amide bonds. The van der Waals surface area contributed by atoms with E-state index in [2.05, 4.69) is 23.8 Å². The van der Waals surface area contributed by atoms with Crippen LogP contribution in [0.25, 0.3) is 28.0 Å². The van der Waals surface area contributed by atoms with Crippen molar-refractivity contribution in [2.24, 2.45) is 0 Å². The minimum absolute atomic E-state index is 0.160. The van der Waals surface area contributed by atoms with Crippen LogP contribution in [0.15, 0.2) is 30.6 Å². The third-order valence-electron chi connectivity index (χ3n) is 5.82. The Morgan fingerprint density at radius 1 is 1.19 bits per heavy atom. The largest absolute Gasteiger partial charge is 0.378 e. The second-order valence-electron chi connectivity index (χ2n) is 7.69. The molecule has 0 radical (unpaired) electrons. The number of ether oxygens (including phenoxy) is 1. The van der Waals surface area contributed by atoms with Gasteiger partial charge in [0.15, 0.2) is 11.2 Å². The number of aromatic nitrogens is 6. The maximum atomic E-state index is 14.0. The van der Waals surface area contributed by atoms with E-state index >= 15 is 0 Å². The van der Waals surface area contributed by atoms with Crippen LogP contribution in [0.2, 0.25) is 0 Å². The lowest BCUT2D eigenvalue weighted by atomic mass is 10.2. The average Bonchev–Trinajstić information content (AvgIpc) is 3.40. The smallest absolute Gasteiger partial charge is 0.322 e. The minimum Gasteiger partial charge on any atom is -0.378 e. The van der Waals surface area contributed by atoms with Crippen LogP contribution in [0.5, 0.6) is 0 Å². The number of benzene rings is 1. The summed E-state index contributed by atoms with van der Waals surface area (Å²) in [4.78, 5) is 19.0. The zero-order valence-corrected chi connectivity index (χ0v) is 17.4. The Hall–Kier alpha value is -3.14. The van der Waals surface area contributed by atoms with Gasteiger partial charge in [0.2, 0.25) is 0 Å². The quantitative estimate of drug-likeness (QED) is 0.494. The monoisotopic (exact) mass is 428 g/mol. The number of halogens is 2. The fraction of sp³-hybridized carbons (Fsp3) is 0.429. The van der Waals surface area contributed by atoms with Crippen molar-refractivity contribution in [2.45, 2.75) is 32.7 Å². The highest BCUT2D eigenvalue weighted by Crippen LogP contribution is 2.27. The molecule has 1 atom stereocenters. The van der Waals surface area contributed by atoms with Crippen molar-refractivity contribution in [1.29, 1.82) is 0 Å². The van der Waals surface area contributed by atoms with Gasteiger partial charge < -0.3 is 14.2 Å². The van der Waals surface area contributed by atoms with Gasteiger partial charge in [-0.05, 0) is 25.5 Å². The predicted octanol–water partition coefficient (Wildman–Crippen LogP) is 3.33. The minimum atomic E-state index is -2.71. The van der Waals surface area contributed by atoms with Crippen molar-refractivity contribution < 1.29 is 18.1 Å². The summed E-state index contributed by atoms with van der Waals surface area (Å²) in [6.07, 6.45) is -0.0986. The number of H-pyrrole nitrogens is 1. The van der Waals surface area contributed by atoms with E-state index in [9.17, 15) is 8.78 Å².